The molecular weight excluding hydrogens is 190 g/mol. The van der Waals surface area contributed by atoms with Crippen LogP contribution in [0.3, 0.4) is 0 Å². The van der Waals surface area contributed by atoms with Gasteiger partial charge in [-0.15, -0.1) is 0 Å². The van der Waals surface area contributed by atoms with E-state index in [9.17, 15) is 0 Å². The van der Waals surface area contributed by atoms with Crippen molar-refractivity contribution in [2.75, 3.05) is 12.3 Å². The van der Waals surface area contributed by atoms with Gasteiger partial charge in [0.05, 0.1) is 31.1 Å². The van der Waals surface area contributed by atoms with Gasteiger partial charge in [0.2, 0.25) is 0 Å². The summed E-state index contributed by atoms with van der Waals surface area (Å²) in [4.78, 5) is 0. The second kappa shape index (κ2) is 5.16. The van der Waals surface area contributed by atoms with Gasteiger partial charge in [-0.25, -0.2) is 0 Å². The lowest BCUT2D eigenvalue weighted by Gasteiger charge is -2.21. The molecule has 0 spiro atoms. The third-order valence-electron chi connectivity index (χ3n) is 2.88. The summed E-state index contributed by atoms with van der Waals surface area (Å²) in [6.07, 6.45) is 10.4. The number of hydrogen-bond donors (Lipinski definition) is 1. The second-order valence-electron chi connectivity index (χ2n) is 4.17. The van der Waals surface area contributed by atoms with Crippen LogP contribution in [0.15, 0.2) is 12.4 Å². The van der Waals surface area contributed by atoms with Crippen molar-refractivity contribution in [3.63, 3.8) is 0 Å². The molecule has 0 aliphatic heterocycles. The standard InChI is InChI=1S/C11H19N3O/c12-10-8-13-14(9-10)6-7-15-11-4-2-1-3-5-11/h8-9,11H,1-7,12H2. The molecule has 1 aliphatic rings. The number of ether oxygens (including phenoxy) is 1. The van der Waals surface area contributed by atoms with Gasteiger partial charge >= 0.3 is 0 Å². The van der Waals surface area contributed by atoms with E-state index in [4.69, 9.17) is 10.5 Å². The maximum Gasteiger partial charge on any atom is 0.0719 e. The Labute approximate surface area is 90.4 Å². The third kappa shape index (κ3) is 3.23. The van der Waals surface area contributed by atoms with Crippen molar-refractivity contribution >= 4 is 5.69 Å². The van der Waals surface area contributed by atoms with Crippen LogP contribution >= 0.6 is 0 Å². The number of nitrogen functional groups attached to an aromatic ring is 1. The van der Waals surface area contributed by atoms with Crippen LogP contribution < -0.4 is 5.73 Å². The van der Waals surface area contributed by atoms with Gasteiger partial charge in [-0.1, -0.05) is 19.3 Å². The molecule has 0 amide bonds. The Morgan fingerprint density at radius 3 is 2.87 bits per heavy atom. The SMILES string of the molecule is Nc1cnn(CCOC2CCCCC2)c1. The first-order valence-corrected chi connectivity index (χ1v) is 5.74. The molecule has 2 rings (SSSR count). The Balaban J connectivity index is 1.65. The van der Waals surface area contributed by atoms with Gasteiger partial charge in [-0.2, -0.15) is 5.10 Å². The largest absolute Gasteiger partial charge is 0.396 e. The number of aromatic nitrogens is 2. The second-order valence-corrected chi connectivity index (χ2v) is 4.17. The lowest BCUT2D eigenvalue weighted by atomic mass is 9.98. The monoisotopic (exact) mass is 209 g/mol. The Morgan fingerprint density at radius 2 is 2.20 bits per heavy atom. The highest BCUT2D eigenvalue weighted by Crippen LogP contribution is 2.20. The average Bonchev–Trinajstić information content (AvgIpc) is 2.66. The molecule has 0 saturated heterocycles. The van der Waals surface area contributed by atoms with E-state index in [-0.39, 0.29) is 0 Å². The molecule has 4 nitrogen and oxygen atoms in total. The Bertz CT molecular complexity index is 292. The number of hydrogen-bond acceptors (Lipinski definition) is 3. The first-order valence-electron chi connectivity index (χ1n) is 5.74. The maximum absolute atomic E-state index is 5.79. The number of nitrogens with zero attached hydrogens (tertiary/aromatic N) is 2. The van der Waals surface area contributed by atoms with E-state index in [0.717, 1.165) is 13.2 Å². The van der Waals surface area contributed by atoms with Gasteiger partial charge in [0.15, 0.2) is 0 Å². The molecule has 0 aromatic carbocycles. The topological polar surface area (TPSA) is 53.1 Å². The predicted molar refractivity (Wildman–Crippen MR) is 59.5 cm³/mol. The van der Waals surface area contributed by atoms with Crippen molar-refractivity contribution in [2.45, 2.75) is 44.8 Å². The van der Waals surface area contributed by atoms with E-state index in [1.165, 1.54) is 32.1 Å². The third-order valence-corrected chi connectivity index (χ3v) is 2.88. The molecule has 4 heteroatoms. The molecule has 0 atom stereocenters. The van der Waals surface area contributed by atoms with Crippen molar-refractivity contribution in [3.05, 3.63) is 12.4 Å². The van der Waals surface area contributed by atoms with E-state index in [0.29, 0.717) is 11.8 Å². The Morgan fingerprint density at radius 1 is 1.40 bits per heavy atom. The van der Waals surface area contributed by atoms with E-state index >= 15 is 0 Å². The maximum atomic E-state index is 5.79. The quantitative estimate of drug-likeness (QED) is 0.822. The molecule has 1 fully saturated rings. The summed E-state index contributed by atoms with van der Waals surface area (Å²) in [5, 5.41) is 4.11. The van der Waals surface area contributed by atoms with E-state index < -0.39 is 0 Å². The minimum absolute atomic E-state index is 0.478. The molecule has 15 heavy (non-hydrogen) atoms. The molecule has 1 heterocycles. The predicted octanol–water partition coefficient (Wildman–Crippen LogP) is 1.81. The molecule has 1 aromatic heterocycles. The van der Waals surface area contributed by atoms with Crippen LogP contribution in [-0.2, 0) is 11.3 Å². The lowest BCUT2D eigenvalue weighted by molar-refractivity contribution is 0.0229. The van der Waals surface area contributed by atoms with Crippen LogP contribution in [0, 0.1) is 0 Å². The van der Waals surface area contributed by atoms with Crippen molar-refractivity contribution in [1.82, 2.24) is 9.78 Å². The van der Waals surface area contributed by atoms with Crippen LogP contribution in [0.5, 0.6) is 0 Å². The van der Waals surface area contributed by atoms with E-state index in [2.05, 4.69) is 5.10 Å². The zero-order valence-electron chi connectivity index (χ0n) is 9.06. The highest BCUT2D eigenvalue weighted by atomic mass is 16.5. The van der Waals surface area contributed by atoms with Crippen LogP contribution in [0.1, 0.15) is 32.1 Å². The molecule has 1 aliphatic carbocycles. The van der Waals surface area contributed by atoms with E-state index in [1.807, 2.05) is 10.9 Å². The summed E-state index contributed by atoms with van der Waals surface area (Å²) in [7, 11) is 0. The molecule has 1 aromatic rings. The van der Waals surface area contributed by atoms with E-state index in [1.54, 1.807) is 6.20 Å². The van der Waals surface area contributed by atoms with Crippen molar-refractivity contribution in [2.24, 2.45) is 0 Å². The van der Waals surface area contributed by atoms with Gasteiger partial charge in [-0.05, 0) is 12.8 Å². The van der Waals surface area contributed by atoms with Crippen molar-refractivity contribution in [3.8, 4) is 0 Å². The molecule has 84 valence electrons. The first kappa shape index (κ1) is 10.5. The van der Waals surface area contributed by atoms with Gasteiger partial charge in [-0.3, -0.25) is 4.68 Å². The molecule has 2 N–H and O–H groups in total. The smallest absolute Gasteiger partial charge is 0.0719 e. The van der Waals surface area contributed by atoms with Crippen molar-refractivity contribution in [1.29, 1.82) is 0 Å². The minimum Gasteiger partial charge on any atom is -0.396 e. The van der Waals surface area contributed by atoms with Crippen molar-refractivity contribution < 1.29 is 4.74 Å². The normalized spacial score (nSPS) is 18.1. The Hall–Kier alpha value is -1.03. The van der Waals surface area contributed by atoms with Gasteiger partial charge in [0, 0.05) is 6.20 Å². The summed E-state index contributed by atoms with van der Waals surface area (Å²) in [6.45, 7) is 1.54. The van der Waals surface area contributed by atoms with Crippen LogP contribution in [0.2, 0.25) is 0 Å². The number of anilines is 1. The summed E-state index contributed by atoms with van der Waals surface area (Å²) in [5.74, 6) is 0. The summed E-state index contributed by atoms with van der Waals surface area (Å²) < 4.78 is 7.63. The fourth-order valence-electron chi connectivity index (χ4n) is 2.05. The Kier molecular flexibility index (Phi) is 3.61. The van der Waals surface area contributed by atoms with Crippen LogP contribution in [0.25, 0.3) is 0 Å². The zero-order valence-corrected chi connectivity index (χ0v) is 9.06. The molecule has 1 saturated carbocycles. The highest BCUT2D eigenvalue weighted by Gasteiger charge is 2.13. The molecular formula is C11H19N3O. The zero-order chi connectivity index (χ0) is 10.5. The molecule has 0 unspecified atom stereocenters. The molecule has 0 radical (unpaired) electrons. The minimum atomic E-state index is 0.478. The van der Waals surface area contributed by atoms with Gasteiger partial charge in [0.25, 0.3) is 0 Å². The summed E-state index contributed by atoms with van der Waals surface area (Å²) >= 11 is 0. The fourth-order valence-corrected chi connectivity index (χ4v) is 2.05. The van der Waals surface area contributed by atoms with Gasteiger partial charge in [0.1, 0.15) is 0 Å². The number of rotatable bonds is 4. The average molecular weight is 209 g/mol. The number of nitrogens with two attached hydrogens (primary N) is 1. The first-order chi connectivity index (χ1) is 7.34. The van der Waals surface area contributed by atoms with Gasteiger partial charge < -0.3 is 10.5 Å². The molecule has 0 bridgehead atoms. The van der Waals surface area contributed by atoms with Crippen LogP contribution in [0.4, 0.5) is 5.69 Å². The van der Waals surface area contributed by atoms with Crippen LogP contribution in [-0.4, -0.2) is 22.5 Å². The summed E-state index contributed by atoms with van der Waals surface area (Å²) in [6, 6.07) is 0. The highest BCUT2D eigenvalue weighted by molar-refractivity contribution is 5.30. The lowest BCUT2D eigenvalue weighted by Crippen LogP contribution is -2.19. The fraction of sp³-hybridized carbons (Fsp3) is 0.727. The summed E-state index contributed by atoms with van der Waals surface area (Å²) in [5.41, 5.74) is 6.28.